The van der Waals surface area contributed by atoms with Gasteiger partial charge >= 0.3 is 0 Å². The summed E-state index contributed by atoms with van der Waals surface area (Å²) in [7, 11) is 1.67. The number of pyridine rings is 1. The molecule has 3 aromatic rings. The number of hydrogen-bond donors (Lipinski definition) is 2. The summed E-state index contributed by atoms with van der Waals surface area (Å²) in [5, 5.41) is 6.37. The average Bonchev–Trinajstić information content (AvgIpc) is 2.67. The zero-order chi connectivity index (χ0) is 17.5. The molecule has 1 atom stereocenters. The summed E-state index contributed by atoms with van der Waals surface area (Å²) in [4.78, 5) is 17.5. The van der Waals surface area contributed by atoms with Gasteiger partial charge in [0.2, 0.25) is 11.9 Å². The molecule has 128 valence electrons. The van der Waals surface area contributed by atoms with E-state index in [1.807, 2.05) is 49.4 Å². The first-order valence-corrected chi connectivity index (χ1v) is 8.00. The highest BCUT2D eigenvalue weighted by atomic mass is 16.5. The van der Waals surface area contributed by atoms with Crippen LogP contribution in [0.25, 0.3) is 11.4 Å². The van der Waals surface area contributed by atoms with Crippen LogP contribution in [0.15, 0.2) is 54.9 Å². The van der Waals surface area contributed by atoms with Crippen molar-refractivity contribution in [3.05, 3.63) is 54.9 Å². The van der Waals surface area contributed by atoms with Gasteiger partial charge in [0.25, 0.3) is 0 Å². The van der Waals surface area contributed by atoms with Gasteiger partial charge in [-0.1, -0.05) is 30.3 Å². The van der Waals surface area contributed by atoms with Crippen molar-refractivity contribution in [3.63, 3.8) is 0 Å². The van der Waals surface area contributed by atoms with Crippen LogP contribution in [0, 0.1) is 0 Å². The molecule has 0 saturated carbocycles. The van der Waals surface area contributed by atoms with Crippen molar-refractivity contribution in [2.24, 2.45) is 0 Å². The summed E-state index contributed by atoms with van der Waals surface area (Å²) in [5.74, 6) is 1.56. The summed E-state index contributed by atoms with van der Waals surface area (Å²) in [6.45, 7) is 2.58. The van der Waals surface area contributed by atoms with Gasteiger partial charge in [0.1, 0.15) is 0 Å². The molecule has 0 amide bonds. The topological polar surface area (TPSA) is 84.9 Å². The van der Waals surface area contributed by atoms with Crippen molar-refractivity contribution >= 4 is 17.6 Å². The number of nitrogens with zero attached hydrogens (tertiary/aromatic N) is 4. The molecule has 0 aliphatic rings. The van der Waals surface area contributed by atoms with Crippen LogP contribution in [0.3, 0.4) is 0 Å². The Morgan fingerprint density at radius 2 is 1.68 bits per heavy atom. The van der Waals surface area contributed by atoms with E-state index < -0.39 is 0 Å². The normalized spacial score (nSPS) is 11.8. The third kappa shape index (κ3) is 4.71. The Hall–Kier alpha value is -3.06. The van der Waals surface area contributed by atoms with E-state index in [2.05, 4.69) is 30.6 Å². The molecular formula is C18H20N6O. The van der Waals surface area contributed by atoms with E-state index in [-0.39, 0.29) is 6.10 Å². The molecule has 25 heavy (non-hydrogen) atoms. The quantitative estimate of drug-likeness (QED) is 0.685. The molecule has 1 aromatic carbocycles. The second-order valence-corrected chi connectivity index (χ2v) is 5.46. The number of methoxy groups -OCH3 is 1. The van der Waals surface area contributed by atoms with Crippen LogP contribution in [0.5, 0.6) is 0 Å². The molecule has 0 aliphatic heterocycles. The molecule has 2 heterocycles. The fourth-order valence-corrected chi connectivity index (χ4v) is 2.11. The first kappa shape index (κ1) is 16.8. The van der Waals surface area contributed by atoms with E-state index >= 15 is 0 Å². The summed E-state index contributed by atoms with van der Waals surface area (Å²) >= 11 is 0. The monoisotopic (exact) mass is 336 g/mol. The molecule has 0 saturated heterocycles. The predicted molar refractivity (Wildman–Crippen MR) is 97.7 cm³/mol. The van der Waals surface area contributed by atoms with Gasteiger partial charge in [-0.3, -0.25) is 4.98 Å². The highest BCUT2D eigenvalue weighted by Crippen LogP contribution is 2.19. The summed E-state index contributed by atoms with van der Waals surface area (Å²) < 4.78 is 5.26. The predicted octanol–water partition coefficient (Wildman–Crippen LogP) is 3.12. The van der Waals surface area contributed by atoms with Gasteiger partial charge in [-0.05, 0) is 19.1 Å². The van der Waals surface area contributed by atoms with Crippen molar-refractivity contribution in [1.82, 2.24) is 19.9 Å². The SMILES string of the molecule is COC(C)CNc1nc(Nc2ccncc2)nc(-c2ccccc2)n1. The van der Waals surface area contributed by atoms with Crippen LogP contribution < -0.4 is 10.6 Å². The number of hydrogen-bond acceptors (Lipinski definition) is 7. The lowest BCUT2D eigenvalue weighted by Gasteiger charge is -2.13. The Balaban J connectivity index is 1.90. The zero-order valence-corrected chi connectivity index (χ0v) is 14.2. The standard InChI is InChI=1S/C18H20N6O/c1-13(25-2)12-20-17-22-16(14-6-4-3-5-7-14)23-18(24-17)21-15-8-10-19-11-9-15/h3-11,13H,12H2,1-2H3,(H2,19,20,21,22,23,24). The van der Waals surface area contributed by atoms with Gasteiger partial charge in [0.15, 0.2) is 5.82 Å². The van der Waals surface area contributed by atoms with Crippen LogP contribution in [-0.4, -0.2) is 39.7 Å². The number of nitrogens with one attached hydrogen (secondary N) is 2. The smallest absolute Gasteiger partial charge is 0.232 e. The van der Waals surface area contributed by atoms with Gasteiger partial charge in [-0.2, -0.15) is 15.0 Å². The lowest BCUT2D eigenvalue weighted by atomic mass is 10.2. The molecule has 1 unspecified atom stereocenters. The van der Waals surface area contributed by atoms with Crippen molar-refractivity contribution in [3.8, 4) is 11.4 Å². The third-order valence-corrected chi connectivity index (χ3v) is 3.55. The summed E-state index contributed by atoms with van der Waals surface area (Å²) in [6.07, 6.45) is 3.47. The van der Waals surface area contributed by atoms with Crippen molar-refractivity contribution in [1.29, 1.82) is 0 Å². The molecule has 2 N–H and O–H groups in total. The minimum atomic E-state index is 0.0496. The first-order valence-electron chi connectivity index (χ1n) is 8.00. The lowest BCUT2D eigenvalue weighted by Crippen LogP contribution is -2.20. The molecule has 2 aromatic heterocycles. The highest BCUT2D eigenvalue weighted by molar-refractivity contribution is 5.60. The fourth-order valence-electron chi connectivity index (χ4n) is 2.11. The van der Waals surface area contributed by atoms with Crippen LogP contribution in [0.4, 0.5) is 17.6 Å². The fraction of sp³-hybridized carbons (Fsp3) is 0.222. The highest BCUT2D eigenvalue weighted by Gasteiger charge is 2.10. The molecule has 0 fully saturated rings. The zero-order valence-electron chi connectivity index (χ0n) is 14.2. The molecule has 3 rings (SSSR count). The molecular weight excluding hydrogens is 316 g/mol. The Bertz CT molecular complexity index is 797. The first-order chi connectivity index (χ1) is 12.2. The Morgan fingerprint density at radius 3 is 2.40 bits per heavy atom. The maximum atomic E-state index is 5.26. The Kier molecular flexibility index (Phi) is 5.48. The van der Waals surface area contributed by atoms with E-state index in [4.69, 9.17) is 4.74 Å². The number of anilines is 3. The van der Waals surface area contributed by atoms with Gasteiger partial charge in [0.05, 0.1) is 6.10 Å². The number of benzene rings is 1. The Labute approximate surface area is 146 Å². The largest absolute Gasteiger partial charge is 0.380 e. The molecule has 0 spiro atoms. The van der Waals surface area contributed by atoms with Crippen LogP contribution in [-0.2, 0) is 4.74 Å². The average molecular weight is 336 g/mol. The second-order valence-electron chi connectivity index (χ2n) is 5.46. The van der Waals surface area contributed by atoms with Gasteiger partial charge in [-0.25, -0.2) is 0 Å². The van der Waals surface area contributed by atoms with Gasteiger partial charge in [-0.15, -0.1) is 0 Å². The maximum Gasteiger partial charge on any atom is 0.232 e. The molecule has 7 nitrogen and oxygen atoms in total. The molecule has 0 radical (unpaired) electrons. The van der Waals surface area contributed by atoms with E-state index in [1.54, 1.807) is 19.5 Å². The van der Waals surface area contributed by atoms with Crippen molar-refractivity contribution in [2.45, 2.75) is 13.0 Å². The van der Waals surface area contributed by atoms with Crippen LogP contribution >= 0.6 is 0 Å². The van der Waals surface area contributed by atoms with Crippen LogP contribution in [0.1, 0.15) is 6.92 Å². The van der Waals surface area contributed by atoms with Crippen molar-refractivity contribution in [2.75, 3.05) is 24.3 Å². The molecule has 7 heteroatoms. The summed E-state index contributed by atoms with van der Waals surface area (Å²) in [6, 6.07) is 13.5. The van der Waals surface area contributed by atoms with Gasteiger partial charge in [0, 0.05) is 37.3 Å². The minimum absolute atomic E-state index is 0.0496. The van der Waals surface area contributed by atoms with E-state index in [9.17, 15) is 0 Å². The number of ether oxygens (including phenoxy) is 1. The van der Waals surface area contributed by atoms with Crippen molar-refractivity contribution < 1.29 is 4.74 Å². The second kappa shape index (κ2) is 8.16. The van der Waals surface area contributed by atoms with E-state index in [0.717, 1.165) is 11.3 Å². The molecule has 0 aliphatic carbocycles. The number of rotatable bonds is 7. The number of aromatic nitrogens is 4. The van der Waals surface area contributed by atoms with E-state index in [0.29, 0.717) is 24.3 Å². The minimum Gasteiger partial charge on any atom is -0.380 e. The third-order valence-electron chi connectivity index (χ3n) is 3.55. The van der Waals surface area contributed by atoms with E-state index in [1.165, 1.54) is 0 Å². The summed E-state index contributed by atoms with van der Waals surface area (Å²) in [5.41, 5.74) is 1.78. The maximum absolute atomic E-state index is 5.26. The lowest BCUT2D eigenvalue weighted by molar-refractivity contribution is 0.128. The van der Waals surface area contributed by atoms with Gasteiger partial charge < -0.3 is 15.4 Å². The molecule has 0 bridgehead atoms. The Morgan fingerprint density at radius 1 is 0.960 bits per heavy atom. The van der Waals surface area contributed by atoms with Crippen LogP contribution in [0.2, 0.25) is 0 Å².